The summed E-state index contributed by atoms with van der Waals surface area (Å²) in [6, 6.07) is 1.90. The quantitative estimate of drug-likeness (QED) is 0.597. The second-order valence-corrected chi connectivity index (χ2v) is 3.69. The van der Waals surface area contributed by atoms with E-state index in [2.05, 4.69) is 24.1 Å². The molecule has 0 atom stereocenters. The Bertz CT molecular complexity index is 287. The summed E-state index contributed by atoms with van der Waals surface area (Å²) in [5.41, 5.74) is 2.35. The largest absolute Gasteiger partial charge is 0.385 e. The van der Waals surface area contributed by atoms with Crippen LogP contribution in [0.1, 0.15) is 32.3 Å². The van der Waals surface area contributed by atoms with Crippen molar-refractivity contribution in [1.82, 2.24) is 4.98 Å². The number of unbranched alkanes of at least 4 members (excludes halogenated alkanes) is 1. The summed E-state index contributed by atoms with van der Waals surface area (Å²) in [7, 11) is 0. The normalized spacial score (nSPS) is 10.2. The van der Waals surface area contributed by atoms with Crippen LogP contribution >= 0.6 is 11.6 Å². The number of aryl methyl sites for hydroxylation is 1. The molecule has 3 heteroatoms. The van der Waals surface area contributed by atoms with Crippen molar-refractivity contribution in [1.29, 1.82) is 0 Å². The maximum atomic E-state index is 5.84. The van der Waals surface area contributed by atoms with Crippen molar-refractivity contribution in [3.63, 3.8) is 0 Å². The van der Waals surface area contributed by atoms with Crippen LogP contribution in [0.5, 0.6) is 0 Å². The van der Waals surface area contributed by atoms with Gasteiger partial charge in [-0.3, -0.25) is 0 Å². The Hall–Kier alpha value is -0.760. The third kappa shape index (κ3) is 3.18. The Balaban J connectivity index is 2.67. The molecular formula is C11H17ClN2. The number of aromatic nitrogens is 1. The molecule has 0 saturated heterocycles. The van der Waals surface area contributed by atoms with Gasteiger partial charge in [0.15, 0.2) is 0 Å². The number of anilines is 1. The molecular weight excluding hydrogens is 196 g/mol. The van der Waals surface area contributed by atoms with Crippen LogP contribution < -0.4 is 5.32 Å². The fourth-order valence-corrected chi connectivity index (χ4v) is 1.46. The molecule has 0 aliphatic carbocycles. The van der Waals surface area contributed by atoms with Gasteiger partial charge in [-0.25, -0.2) is 4.98 Å². The fourth-order valence-electron chi connectivity index (χ4n) is 1.30. The Morgan fingerprint density at radius 1 is 1.43 bits per heavy atom. The maximum absolute atomic E-state index is 5.84. The van der Waals surface area contributed by atoms with E-state index in [1.165, 1.54) is 18.4 Å². The SMILES string of the molecule is CCCCNc1cc(Cl)ncc1CC. The molecule has 1 heterocycles. The van der Waals surface area contributed by atoms with E-state index in [1.807, 2.05) is 12.3 Å². The molecule has 0 bridgehead atoms. The van der Waals surface area contributed by atoms with Crippen molar-refractivity contribution in [2.75, 3.05) is 11.9 Å². The molecule has 0 radical (unpaired) electrons. The zero-order valence-electron chi connectivity index (χ0n) is 8.81. The van der Waals surface area contributed by atoms with E-state index >= 15 is 0 Å². The zero-order chi connectivity index (χ0) is 10.4. The number of pyridine rings is 1. The third-order valence-corrected chi connectivity index (χ3v) is 2.39. The summed E-state index contributed by atoms with van der Waals surface area (Å²) < 4.78 is 0. The molecule has 14 heavy (non-hydrogen) atoms. The lowest BCUT2D eigenvalue weighted by Gasteiger charge is -2.10. The van der Waals surface area contributed by atoms with Crippen molar-refractivity contribution in [3.05, 3.63) is 23.0 Å². The van der Waals surface area contributed by atoms with Gasteiger partial charge in [-0.1, -0.05) is 31.9 Å². The van der Waals surface area contributed by atoms with Crippen LogP contribution in [0.2, 0.25) is 5.15 Å². The van der Waals surface area contributed by atoms with E-state index in [9.17, 15) is 0 Å². The summed E-state index contributed by atoms with van der Waals surface area (Å²) in [5.74, 6) is 0. The van der Waals surface area contributed by atoms with Gasteiger partial charge in [0.25, 0.3) is 0 Å². The number of halogens is 1. The van der Waals surface area contributed by atoms with Gasteiger partial charge in [0, 0.05) is 18.4 Å². The van der Waals surface area contributed by atoms with Gasteiger partial charge >= 0.3 is 0 Å². The highest BCUT2D eigenvalue weighted by atomic mass is 35.5. The number of rotatable bonds is 5. The molecule has 1 rings (SSSR count). The minimum atomic E-state index is 0.557. The molecule has 0 aliphatic heterocycles. The number of nitrogens with zero attached hydrogens (tertiary/aromatic N) is 1. The standard InChI is InChI=1S/C11H17ClN2/c1-3-5-6-13-10-7-11(12)14-8-9(10)4-2/h7-8H,3-6H2,1-2H3,(H,13,14). The van der Waals surface area contributed by atoms with Crippen molar-refractivity contribution in [2.45, 2.75) is 33.1 Å². The zero-order valence-corrected chi connectivity index (χ0v) is 9.56. The third-order valence-electron chi connectivity index (χ3n) is 2.18. The smallest absolute Gasteiger partial charge is 0.131 e. The van der Waals surface area contributed by atoms with Gasteiger partial charge in [0.1, 0.15) is 5.15 Å². The van der Waals surface area contributed by atoms with Gasteiger partial charge in [-0.15, -0.1) is 0 Å². The minimum absolute atomic E-state index is 0.557. The Labute approximate surface area is 90.7 Å². The van der Waals surface area contributed by atoms with Crippen LogP contribution in [-0.2, 0) is 6.42 Å². The van der Waals surface area contributed by atoms with Gasteiger partial charge < -0.3 is 5.32 Å². The van der Waals surface area contributed by atoms with E-state index in [0.29, 0.717) is 5.15 Å². The first-order valence-electron chi connectivity index (χ1n) is 5.16. The predicted molar refractivity (Wildman–Crippen MR) is 62.0 cm³/mol. The molecule has 0 aliphatic rings. The molecule has 0 fully saturated rings. The summed E-state index contributed by atoms with van der Waals surface area (Å²) >= 11 is 5.84. The fraction of sp³-hybridized carbons (Fsp3) is 0.545. The first-order valence-corrected chi connectivity index (χ1v) is 5.54. The highest BCUT2D eigenvalue weighted by Gasteiger charge is 2.01. The molecule has 0 unspecified atom stereocenters. The molecule has 0 aromatic carbocycles. The van der Waals surface area contributed by atoms with Crippen LogP contribution in [0, 0.1) is 0 Å². The molecule has 0 amide bonds. The van der Waals surface area contributed by atoms with E-state index in [-0.39, 0.29) is 0 Å². The first kappa shape index (κ1) is 11.3. The minimum Gasteiger partial charge on any atom is -0.385 e. The van der Waals surface area contributed by atoms with E-state index < -0.39 is 0 Å². The van der Waals surface area contributed by atoms with Crippen LogP contribution in [0.4, 0.5) is 5.69 Å². The average Bonchev–Trinajstić information content (AvgIpc) is 2.19. The van der Waals surface area contributed by atoms with E-state index in [0.717, 1.165) is 18.7 Å². The van der Waals surface area contributed by atoms with Crippen molar-refractivity contribution < 1.29 is 0 Å². The Morgan fingerprint density at radius 2 is 2.21 bits per heavy atom. The molecule has 0 saturated carbocycles. The molecule has 78 valence electrons. The lowest BCUT2D eigenvalue weighted by atomic mass is 10.2. The monoisotopic (exact) mass is 212 g/mol. The van der Waals surface area contributed by atoms with Gasteiger partial charge in [0.05, 0.1) is 0 Å². The first-order chi connectivity index (χ1) is 6.77. The lowest BCUT2D eigenvalue weighted by molar-refractivity contribution is 0.832. The summed E-state index contributed by atoms with van der Waals surface area (Å²) in [4.78, 5) is 4.06. The Morgan fingerprint density at radius 3 is 2.86 bits per heavy atom. The maximum Gasteiger partial charge on any atom is 0.131 e. The van der Waals surface area contributed by atoms with Crippen molar-refractivity contribution in [3.8, 4) is 0 Å². The van der Waals surface area contributed by atoms with Crippen LogP contribution in [0.15, 0.2) is 12.3 Å². The van der Waals surface area contributed by atoms with Crippen LogP contribution in [-0.4, -0.2) is 11.5 Å². The van der Waals surface area contributed by atoms with Gasteiger partial charge in [-0.05, 0) is 24.5 Å². The van der Waals surface area contributed by atoms with E-state index in [4.69, 9.17) is 11.6 Å². The Kier molecular flexibility index (Phi) is 4.74. The summed E-state index contributed by atoms with van der Waals surface area (Å²) in [6.45, 7) is 5.31. The van der Waals surface area contributed by atoms with Crippen LogP contribution in [0.3, 0.4) is 0 Å². The van der Waals surface area contributed by atoms with E-state index in [1.54, 1.807) is 0 Å². The van der Waals surface area contributed by atoms with Gasteiger partial charge in [-0.2, -0.15) is 0 Å². The predicted octanol–water partition coefficient (Wildman–Crippen LogP) is 3.51. The van der Waals surface area contributed by atoms with Gasteiger partial charge in [0.2, 0.25) is 0 Å². The molecule has 2 nitrogen and oxygen atoms in total. The molecule has 1 N–H and O–H groups in total. The summed E-state index contributed by atoms with van der Waals surface area (Å²) in [6.07, 6.45) is 5.21. The second kappa shape index (κ2) is 5.86. The van der Waals surface area contributed by atoms with Crippen molar-refractivity contribution >= 4 is 17.3 Å². The topological polar surface area (TPSA) is 24.9 Å². The molecule has 1 aromatic rings. The number of nitrogens with one attached hydrogen (secondary N) is 1. The number of hydrogen-bond donors (Lipinski definition) is 1. The number of hydrogen-bond acceptors (Lipinski definition) is 2. The second-order valence-electron chi connectivity index (χ2n) is 3.30. The summed E-state index contributed by atoms with van der Waals surface area (Å²) in [5, 5.41) is 3.94. The van der Waals surface area contributed by atoms with Crippen molar-refractivity contribution in [2.24, 2.45) is 0 Å². The van der Waals surface area contributed by atoms with Crippen LogP contribution in [0.25, 0.3) is 0 Å². The highest BCUT2D eigenvalue weighted by Crippen LogP contribution is 2.19. The molecule has 1 aromatic heterocycles. The average molecular weight is 213 g/mol. The molecule has 0 spiro atoms. The highest BCUT2D eigenvalue weighted by molar-refractivity contribution is 6.29. The lowest BCUT2D eigenvalue weighted by Crippen LogP contribution is -2.04.